The molecule has 0 fully saturated rings. The highest BCUT2D eigenvalue weighted by molar-refractivity contribution is 4.75. The second-order valence-corrected chi connectivity index (χ2v) is 2.37. The van der Waals surface area contributed by atoms with E-state index in [2.05, 4.69) is 11.3 Å². The number of methoxy groups -OCH3 is 1. The van der Waals surface area contributed by atoms with E-state index in [9.17, 15) is 5.11 Å². The van der Waals surface area contributed by atoms with Crippen LogP contribution in [0.2, 0.25) is 0 Å². The summed E-state index contributed by atoms with van der Waals surface area (Å²) in [7, 11) is 1.55. The Balaban J connectivity index is 3.45. The zero-order valence-corrected chi connectivity index (χ0v) is 7.12. The van der Waals surface area contributed by atoms with E-state index < -0.39 is 6.10 Å². The quantitative estimate of drug-likeness (QED) is 0.464. The number of hydrogen-bond acceptors (Lipinski definition) is 3. The van der Waals surface area contributed by atoms with Crippen molar-refractivity contribution in [3.63, 3.8) is 0 Å². The Hall–Kier alpha value is -0.380. The lowest BCUT2D eigenvalue weighted by Gasteiger charge is -2.17. The molecule has 0 aromatic heterocycles. The molecule has 0 radical (unpaired) electrons. The van der Waals surface area contributed by atoms with Crippen molar-refractivity contribution in [3.8, 4) is 0 Å². The first kappa shape index (κ1) is 10.6. The van der Waals surface area contributed by atoms with Crippen molar-refractivity contribution >= 4 is 0 Å². The van der Waals surface area contributed by atoms with Gasteiger partial charge in [-0.05, 0) is 13.3 Å². The molecule has 11 heavy (non-hydrogen) atoms. The fraction of sp³-hybridized carbons (Fsp3) is 0.750. The van der Waals surface area contributed by atoms with E-state index in [1.54, 1.807) is 20.1 Å². The topological polar surface area (TPSA) is 38.7 Å². The largest absolute Gasteiger partial charge is 0.390 e. The molecular weight excluding hydrogens is 144 g/mol. The zero-order valence-electron chi connectivity index (χ0n) is 7.12. The van der Waals surface area contributed by atoms with Gasteiger partial charge in [-0.2, -0.15) is 0 Å². The average molecular weight is 160 g/mol. The molecule has 0 saturated carbocycles. The smallest absolute Gasteiger partial charge is 0.146 e. The number of aliphatic hydroxyl groups excluding tert-OH is 1. The van der Waals surface area contributed by atoms with Crippen LogP contribution in [0.5, 0.6) is 0 Å². The van der Waals surface area contributed by atoms with Crippen LogP contribution in [0.4, 0.5) is 0 Å². The predicted octanol–water partition coefficient (Wildman–Crippen LogP) is 0.932. The molecule has 0 spiro atoms. The molecule has 0 amide bonds. The molecule has 3 nitrogen and oxygen atoms in total. The van der Waals surface area contributed by atoms with Gasteiger partial charge in [0.05, 0.1) is 12.2 Å². The monoisotopic (exact) mass is 160 g/mol. The molecule has 0 bridgehead atoms. The van der Waals surface area contributed by atoms with Crippen molar-refractivity contribution < 1.29 is 14.6 Å². The van der Waals surface area contributed by atoms with E-state index in [4.69, 9.17) is 4.74 Å². The van der Waals surface area contributed by atoms with E-state index in [-0.39, 0.29) is 12.9 Å². The van der Waals surface area contributed by atoms with Gasteiger partial charge in [0.1, 0.15) is 6.79 Å². The third-order valence-corrected chi connectivity index (χ3v) is 1.40. The zero-order chi connectivity index (χ0) is 8.69. The molecule has 66 valence electrons. The van der Waals surface area contributed by atoms with Crippen LogP contribution in [0, 0.1) is 0 Å². The summed E-state index contributed by atoms with van der Waals surface area (Å²) in [6.07, 6.45) is 1.53. The molecule has 0 unspecified atom stereocenters. The van der Waals surface area contributed by atoms with Crippen LogP contribution >= 0.6 is 0 Å². The maximum Gasteiger partial charge on any atom is 0.146 e. The molecular formula is C8H16O3. The van der Waals surface area contributed by atoms with Crippen molar-refractivity contribution in [1.82, 2.24) is 0 Å². The lowest BCUT2D eigenvalue weighted by molar-refractivity contribution is -0.103. The second-order valence-electron chi connectivity index (χ2n) is 2.37. The van der Waals surface area contributed by atoms with Gasteiger partial charge in [0.2, 0.25) is 0 Å². The highest BCUT2D eigenvalue weighted by Crippen LogP contribution is 2.02. The molecule has 2 atom stereocenters. The van der Waals surface area contributed by atoms with Crippen LogP contribution < -0.4 is 0 Å². The average Bonchev–Trinajstić information content (AvgIpc) is 2.00. The first-order valence-corrected chi connectivity index (χ1v) is 3.61. The molecule has 1 N–H and O–H groups in total. The van der Waals surface area contributed by atoms with Gasteiger partial charge in [-0.15, -0.1) is 6.58 Å². The molecule has 3 heteroatoms. The fourth-order valence-electron chi connectivity index (χ4n) is 0.649. The third-order valence-electron chi connectivity index (χ3n) is 1.40. The summed E-state index contributed by atoms with van der Waals surface area (Å²) in [6, 6.07) is 0. The van der Waals surface area contributed by atoms with Crippen LogP contribution in [0.1, 0.15) is 13.3 Å². The highest BCUT2D eigenvalue weighted by atomic mass is 16.7. The molecule has 0 aliphatic rings. The second kappa shape index (κ2) is 6.34. The van der Waals surface area contributed by atoms with E-state index >= 15 is 0 Å². The minimum Gasteiger partial charge on any atom is -0.390 e. The van der Waals surface area contributed by atoms with Crippen LogP contribution in [-0.2, 0) is 9.47 Å². The van der Waals surface area contributed by atoms with Gasteiger partial charge in [-0.25, -0.2) is 0 Å². The summed E-state index contributed by atoms with van der Waals surface area (Å²) in [4.78, 5) is 0. The minimum absolute atomic E-state index is 0.201. The maximum absolute atomic E-state index is 9.29. The van der Waals surface area contributed by atoms with E-state index in [1.165, 1.54) is 0 Å². The fourth-order valence-corrected chi connectivity index (χ4v) is 0.649. The van der Waals surface area contributed by atoms with Crippen molar-refractivity contribution in [2.75, 3.05) is 13.9 Å². The van der Waals surface area contributed by atoms with Crippen LogP contribution in [0.3, 0.4) is 0 Å². The summed E-state index contributed by atoms with van der Waals surface area (Å²) in [6.45, 7) is 5.53. The summed E-state index contributed by atoms with van der Waals surface area (Å²) in [5.74, 6) is 0. The van der Waals surface area contributed by atoms with Crippen molar-refractivity contribution in [2.24, 2.45) is 0 Å². The van der Waals surface area contributed by atoms with Gasteiger partial charge in [0.15, 0.2) is 0 Å². The molecule has 0 heterocycles. The Morgan fingerprint density at radius 1 is 1.64 bits per heavy atom. The molecule has 0 aromatic rings. The Kier molecular flexibility index (Phi) is 6.12. The molecule has 0 aliphatic heterocycles. The summed E-state index contributed by atoms with van der Waals surface area (Å²) in [5, 5.41) is 9.29. The summed E-state index contributed by atoms with van der Waals surface area (Å²) >= 11 is 0. The van der Waals surface area contributed by atoms with E-state index in [0.717, 1.165) is 0 Å². The number of rotatable bonds is 6. The normalized spacial score (nSPS) is 15.9. The van der Waals surface area contributed by atoms with E-state index in [1.807, 2.05) is 0 Å². The summed E-state index contributed by atoms with van der Waals surface area (Å²) in [5.41, 5.74) is 0. The van der Waals surface area contributed by atoms with E-state index in [0.29, 0.717) is 6.42 Å². The third kappa shape index (κ3) is 4.95. The Bertz CT molecular complexity index is 104. The maximum atomic E-state index is 9.29. The number of aliphatic hydroxyl groups is 1. The van der Waals surface area contributed by atoms with Crippen LogP contribution in [0.15, 0.2) is 12.7 Å². The lowest BCUT2D eigenvalue weighted by Crippen LogP contribution is -2.26. The van der Waals surface area contributed by atoms with Crippen LogP contribution in [0.25, 0.3) is 0 Å². The molecule has 0 rings (SSSR count). The standard InChI is InChI=1S/C8H16O3/c1-4-5-8(9)7(2)11-6-10-3/h4,7-9H,1,5-6H2,2-3H3/t7-,8-/m1/s1. The molecule has 0 aromatic carbocycles. The van der Waals surface area contributed by atoms with Gasteiger partial charge in [0, 0.05) is 7.11 Å². The van der Waals surface area contributed by atoms with Crippen molar-refractivity contribution in [2.45, 2.75) is 25.6 Å². The number of ether oxygens (including phenoxy) is 2. The molecule has 0 saturated heterocycles. The van der Waals surface area contributed by atoms with Gasteiger partial charge >= 0.3 is 0 Å². The SMILES string of the molecule is C=CC[C@@H](O)[C@@H](C)OCOC. The van der Waals surface area contributed by atoms with Crippen molar-refractivity contribution in [1.29, 1.82) is 0 Å². The van der Waals surface area contributed by atoms with Crippen LogP contribution in [-0.4, -0.2) is 31.2 Å². The van der Waals surface area contributed by atoms with Gasteiger partial charge in [-0.3, -0.25) is 0 Å². The lowest BCUT2D eigenvalue weighted by atomic mass is 10.1. The van der Waals surface area contributed by atoms with Gasteiger partial charge < -0.3 is 14.6 Å². The van der Waals surface area contributed by atoms with Crippen molar-refractivity contribution in [3.05, 3.63) is 12.7 Å². The van der Waals surface area contributed by atoms with Gasteiger partial charge in [0.25, 0.3) is 0 Å². The molecule has 0 aliphatic carbocycles. The van der Waals surface area contributed by atoms with Gasteiger partial charge in [-0.1, -0.05) is 6.08 Å². The minimum atomic E-state index is -0.484. The number of hydrogen-bond donors (Lipinski definition) is 1. The predicted molar refractivity (Wildman–Crippen MR) is 43.2 cm³/mol. The first-order valence-electron chi connectivity index (χ1n) is 3.61. The Morgan fingerprint density at radius 3 is 2.73 bits per heavy atom. The first-order chi connectivity index (χ1) is 5.22. The Labute approximate surface area is 67.6 Å². The Morgan fingerprint density at radius 2 is 2.27 bits per heavy atom. The highest BCUT2D eigenvalue weighted by Gasteiger charge is 2.11. The summed E-state index contributed by atoms with van der Waals surface area (Å²) < 4.78 is 9.77.